The molecule has 4 rings (SSSR count). The Hall–Kier alpha value is -3.82. The van der Waals surface area contributed by atoms with Crippen molar-refractivity contribution in [2.24, 2.45) is 0 Å². The van der Waals surface area contributed by atoms with Gasteiger partial charge in [-0.3, -0.25) is 0 Å². The molecule has 0 saturated heterocycles. The molecule has 4 aromatic rings. The van der Waals surface area contributed by atoms with Gasteiger partial charge in [0.25, 0.3) is 0 Å². The van der Waals surface area contributed by atoms with E-state index in [-0.39, 0.29) is 61.5 Å². The van der Waals surface area contributed by atoms with E-state index >= 15 is 0 Å². The summed E-state index contributed by atoms with van der Waals surface area (Å²) in [5, 5.41) is 10.7. The summed E-state index contributed by atoms with van der Waals surface area (Å²) in [6.45, 7) is 0. The van der Waals surface area contributed by atoms with E-state index < -0.39 is 17.0 Å². The van der Waals surface area contributed by atoms with Crippen molar-refractivity contribution in [3.63, 3.8) is 0 Å². The Kier molecular flexibility index (Phi) is 4.07. The molecule has 0 fully saturated rings. The minimum atomic E-state index is -0.849. The zero-order valence-corrected chi connectivity index (χ0v) is 16.1. The Morgan fingerprint density at radius 2 is 0.966 bits per heavy atom. The van der Waals surface area contributed by atoms with Crippen LogP contribution in [0.4, 0.5) is 0 Å². The van der Waals surface area contributed by atoms with Crippen LogP contribution >= 0.6 is 0 Å². The van der Waals surface area contributed by atoms with Gasteiger partial charge in [0.1, 0.15) is 10.8 Å². The monoisotopic (exact) mass is 404 g/mol. The summed E-state index contributed by atoms with van der Waals surface area (Å²) >= 11 is 0. The van der Waals surface area contributed by atoms with Crippen LogP contribution in [-0.4, -0.2) is 40.7 Å². The first-order valence-electron chi connectivity index (χ1n) is 8.26. The van der Waals surface area contributed by atoms with Crippen LogP contribution in [0.1, 0.15) is 0 Å². The Morgan fingerprint density at radius 1 is 0.552 bits per heavy atom. The third-order valence-corrected chi connectivity index (χ3v) is 4.73. The van der Waals surface area contributed by atoms with Gasteiger partial charge in [-0.2, -0.15) is 0 Å². The smallest absolute Gasteiger partial charge is 0.348 e. The molecule has 10 heteroatoms. The second-order valence-electron chi connectivity index (χ2n) is 5.95. The molecule has 152 valence electrons. The second kappa shape index (κ2) is 6.36. The number of ether oxygens (including phenoxy) is 5. The third-order valence-electron chi connectivity index (χ3n) is 4.73. The number of phenols is 1. The minimum Gasteiger partial charge on any atom is -0.502 e. The van der Waals surface area contributed by atoms with Gasteiger partial charge in [-0.1, -0.05) is 0 Å². The zero-order chi connectivity index (χ0) is 21.0. The number of phenolic OH excluding ortho intramolecular Hbond substituents is 1. The van der Waals surface area contributed by atoms with Crippen molar-refractivity contribution in [2.45, 2.75) is 0 Å². The maximum Gasteiger partial charge on any atom is 0.348 e. The highest BCUT2D eigenvalue weighted by molar-refractivity contribution is 6.25. The highest BCUT2D eigenvalue weighted by atomic mass is 16.5. The predicted molar refractivity (Wildman–Crippen MR) is 102 cm³/mol. The largest absolute Gasteiger partial charge is 0.502 e. The Bertz CT molecular complexity index is 1380. The molecule has 10 nitrogen and oxygen atoms in total. The third kappa shape index (κ3) is 2.16. The molecular formula is C19H16O10. The molecule has 0 radical (unpaired) electrons. The van der Waals surface area contributed by atoms with E-state index in [1.807, 2.05) is 0 Å². The van der Waals surface area contributed by atoms with Crippen LogP contribution in [0.2, 0.25) is 0 Å². The maximum atomic E-state index is 12.9. The Labute approximate surface area is 162 Å². The Balaban J connectivity index is 2.51. The van der Waals surface area contributed by atoms with Crippen LogP contribution in [0.15, 0.2) is 18.4 Å². The first-order chi connectivity index (χ1) is 13.9. The number of rotatable bonds is 5. The van der Waals surface area contributed by atoms with E-state index in [0.29, 0.717) is 0 Å². The van der Waals surface area contributed by atoms with E-state index in [9.17, 15) is 14.7 Å². The molecule has 0 aliphatic rings. The molecule has 2 heterocycles. The van der Waals surface area contributed by atoms with Gasteiger partial charge in [0.05, 0.1) is 46.3 Å². The number of benzene rings is 2. The van der Waals surface area contributed by atoms with Gasteiger partial charge in [0.15, 0.2) is 22.7 Å². The SMILES string of the molecule is COc1c(OC)c2oc(=O)c3c(OC)c(O)c(OC)c4oc(=O)c(c1OC)c2c43. The van der Waals surface area contributed by atoms with E-state index in [0.717, 1.165) is 0 Å². The molecule has 0 unspecified atom stereocenters. The molecule has 0 aliphatic heterocycles. The van der Waals surface area contributed by atoms with Crippen LogP contribution in [-0.2, 0) is 0 Å². The highest BCUT2D eigenvalue weighted by Crippen LogP contribution is 2.53. The van der Waals surface area contributed by atoms with E-state index in [4.69, 9.17) is 32.5 Å². The number of aromatic hydroxyl groups is 1. The summed E-state index contributed by atoms with van der Waals surface area (Å²) in [6, 6.07) is 0. The molecule has 0 atom stereocenters. The van der Waals surface area contributed by atoms with Crippen molar-refractivity contribution in [1.82, 2.24) is 0 Å². The minimum absolute atomic E-state index is 0.0313. The fourth-order valence-electron chi connectivity index (χ4n) is 3.63. The van der Waals surface area contributed by atoms with Gasteiger partial charge in [0, 0.05) is 0 Å². The Morgan fingerprint density at radius 3 is 1.41 bits per heavy atom. The molecule has 0 spiro atoms. The topological polar surface area (TPSA) is 127 Å². The standard InChI is InChI=1S/C19H16O10/c1-23-11-8-6-7-9(19(22)28-13(6)15(25-3)10(11)20)12(24-2)16(26-4)17(27-5)14(7)29-18(8)21/h20H,1-5H3. The quantitative estimate of drug-likeness (QED) is 0.391. The maximum absolute atomic E-state index is 12.9. The summed E-state index contributed by atoms with van der Waals surface area (Å²) in [6.07, 6.45) is 0. The van der Waals surface area contributed by atoms with Crippen LogP contribution < -0.4 is 34.9 Å². The molecule has 29 heavy (non-hydrogen) atoms. The van der Waals surface area contributed by atoms with Gasteiger partial charge in [-0.15, -0.1) is 0 Å². The lowest BCUT2D eigenvalue weighted by molar-refractivity contribution is 0.324. The average Bonchev–Trinajstić information content (AvgIpc) is 2.71. The van der Waals surface area contributed by atoms with Gasteiger partial charge >= 0.3 is 11.3 Å². The fraction of sp³-hybridized carbons (Fsp3) is 0.263. The molecule has 2 aromatic heterocycles. The molecule has 1 N–H and O–H groups in total. The lowest BCUT2D eigenvalue weighted by Crippen LogP contribution is -2.11. The van der Waals surface area contributed by atoms with Crippen LogP contribution in [0.5, 0.6) is 34.5 Å². The van der Waals surface area contributed by atoms with Gasteiger partial charge in [0.2, 0.25) is 23.0 Å². The van der Waals surface area contributed by atoms with Gasteiger partial charge < -0.3 is 37.6 Å². The molecule has 0 amide bonds. The summed E-state index contributed by atoms with van der Waals surface area (Å²) < 4.78 is 37.4. The van der Waals surface area contributed by atoms with Crippen molar-refractivity contribution in [3.05, 3.63) is 20.8 Å². The summed E-state index contributed by atoms with van der Waals surface area (Å²) in [5.41, 5.74) is -1.87. The van der Waals surface area contributed by atoms with Crippen LogP contribution in [0.25, 0.3) is 32.7 Å². The zero-order valence-electron chi connectivity index (χ0n) is 16.1. The van der Waals surface area contributed by atoms with Crippen LogP contribution in [0, 0.1) is 0 Å². The number of hydrogen-bond acceptors (Lipinski definition) is 10. The first-order valence-corrected chi connectivity index (χ1v) is 8.26. The fourth-order valence-corrected chi connectivity index (χ4v) is 3.63. The number of hydrogen-bond donors (Lipinski definition) is 1. The first kappa shape index (κ1) is 18.5. The lowest BCUT2D eigenvalue weighted by Gasteiger charge is -2.19. The van der Waals surface area contributed by atoms with Crippen molar-refractivity contribution in [2.75, 3.05) is 35.5 Å². The average molecular weight is 404 g/mol. The van der Waals surface area contributed by atoms with E-state index in [2.05, 4.69) is 0 Å². The molecular weight excluding hydrogens is 388 g/mol. The summed E-state index contributed by atoms with van der Waals surface area (Å²) in [4.78, 5) is 25.7. The molecule has 0 aliphatic carbocycles. The lowest BCUT2D eigenvalue weighted by atomic mass is 10.00. The van der Waals surface area contributed by atoms with Gasteiger partial charge in [-0.25, -0.2) is 9.59 Å². The van der Waals surface area contributed by atoms with Crippen LogP contribution in [0.3, 0.4) is 0 Å². The van der Waals surface area contributed by atoms with Crippen molar-refractivity contribution < 1.29 is 37.6 Å². The van der Waals surface area contributed by atoms with Crippen molar-refractivity contribution >= 4 is 32.7 Å². The van der Waals surface area contributed by atoms with E-state index in [1.54, 1.807) is 0 Å². The second-order valence-corrected chi connectivity index (χ2v) is 5.95. The highest BCUT2D eigenvalue weighted by Gasteiger charge is 2.33. The summed E-state index contributed by atoms with van der Waals surface area (Å²) in [7, 11) is 6.59. The van der Waals surface area contributed by atoms with Gasteiger partial charge in [-0.05, 0) is 0 Å². The van der Waals surface area contributed by atoms with Crippen molar-refractivity contribution in [3.8, 4) is 34.5 Å². The normalized spacial score (nSPS) is 11.3. The predicted octanol–water partition coefficient (Wildman–Crippen LogP) is 2.24. The molecule has 0 saturated carbocycles. The molecule has 0 bridgehead atoms. The van der Waals surface area contributed by atoms with Crippen molar-refractivity contribution in [1.29, 1.82) is 0 Å². The summed E-state index contributed by atoms with van der Waals surface area (Å²) in [5.74, 6) is -0.726. The van der Waals surface area contributed by atoms with E-state index in [1.165, 1.54) is 35.5 Å². The molecule has 2 aromatic carbocycles. The number of methoxy groups -OCH3 is 5.